The van der Waals surface area contributed by atoms with Gasteiger partial charge in [0.05, 0.1) is 17.9 Å². The number of rotatable bonds is 12. The van der Waals surface area contributed by atoms with Crippen LogP contribution in [0.15, 0.2) is 77.2 Å². The van der Waals surface area contributed by atoms with E-state index in [1.54, 1.807) is 54.6 Å². The maximum atomic E-state index is 12.5. The first-order valence-corrected chi connectivity index (χ1v) is 11.8. The van der Waals surface area contributed by atoms with Crippen LogP contribution in [-0.2, 0) is 4.79 Å². The highest BCUT2D eigenvalue weighted by Gasteiger charge is 2.13. The largest absolute Gasteiger partial charge is 0.492 e. The molecule has 4 aromatic rings. The minimum atomic E-state index is -0.271. The molecular formula is C28H30N4O5. The lowest BCUT2D eigenvalue weighted by Crippen LogP contribution is -2.26. The van der Waals surface area contributed by atoms with Crippen molar-refractivity contribution in [2.45, 2.75) is 0 Å². The molecule has 9 nitrogen and oxygen atoms in total. The number of carbonyl (C=O) groups excluding carboxylic acids is 2. The van der Waals surface area contributed by atoms with Crippen LogP contribution in [0.2, 0.25) is 0 Å². The van der Waals surface area contributed by atoms with Gasteiger partial charge in [-0.3, -0.25) is 14.5 Å². The molecule has 3 N–H and O–H groups in total. The minimum Gasteiger partial charge on any atom is -0.492 e. The zero-order valence-electron chi connectivity index (χ0n) is 20.8. The van der Waals surface area contributed by atoms with Crippen LogP contribution in [0.5, 0.6) is 11.5 Å². The van der Waals surface area contributed by atoms with E-state index in [4.69, 9.17) is 19.6 Å². The van der Waals surface area contributed by atoms with Crippen LogP contribution in [0.4, 0.5) is 17.3 Å². The average molecular weight is 503 g/mol. The third kappa shape index (κ3) is 6.80. The van der Waals surface area contributed by atoms with Crippen molar-refractivity contribution in [1.29, 1.82) is 0 Å². The van der Waals surface area contributed by atoms with Crippen LogP contribution >= 0.6 is 0 Å². The zero-order valence-corrected chi connectivity index (χ0v) is 20.8. The molecule has 0 unspecified atom stereocenters. The number of fused-ring (bicyclic) bond motifs is 1. The Labute approximate surface area is 215 Å². The van der Waals surface area contributed by atoms with Gasteiger partial charge in [0.15, 0.2) is 0 Å². The molecule has 0 fully saturated rings. The van der Waals surface area contributed by atoms with Crippen molar-refractivity contribution in [3.8, 4) is 11.5 Å². The van der Waals surface area contributed by atoms with E-state index in [0.29, 0.717) is 52.9 Å². The molecule has 1 heterocycles. The molecule has 0 aliphatic heterocycles. The number of furan rings is 1. The molecule has 0 radical (unpaired) electrons. The molecule has 0 aliphatic carbocycles. The second-order valence-corrected chi connectivity index (χ2v) is 8.65. The summed E-state index contributed by atoms with van der Waals surface area (Å²) in [7, 11) is 3.97. The van der Waals surface area contributed by atoms with Crippen LogP contribution in [0, 0.1) is 0 Å². The fourth-order valence-corrected chi connectivity index (χ4v) is 3.56. The average Bonchev–Trinajstić information content (AvgIpc) is 3.31. The smallest absolute Gasteiger partial charge is 0.255 e. The quantitative estimate of drug-likeness (QED) is 0.220. The van der Waals surface area contributed by atoms with Crippen molar-refractivity contribution in [3.63, 3.8) is 0 Å². The number of likely N-dealkylation sites (N-methyl/N-ethyl adjacent to an activating group) is 1. The third-order valence-electron chi connectivity index (χ3n) is 5.62. The molecule has 0 atom stereocenters. The Kier molecular flexibility index (Phi) is 8.27. The number of hydrogen-bond acceptors (Lipinski definition) is 7. The van der Waals surface area contributed by atoms with Crippen molar-refractivity contribution in [2.24, 2.45) is 0 Å². The molecule has 4 rings (SSSR count). The highest BCUT2D eigenvalue weighted by molar-refractivity contribution is 6.05. The van der Waals surface area contributed by atoms with Gasteiger partial charge in [0.25, 0.3) is 5.91 Å². The van der Waals surface area contributed by atoms with E-state index in [2.05, 4.69) is 5.32 Å². The van der Waals surface area contributed by atoms with Crippen molar-refractivity contribution in [2.75, 3.05) is 56.3 Å². The van der Waals surface area contributed by atoms with E-state index in [1.165, 1.54) is 4.90 Å². The standard InChI is InChI=1S/C28H30N4O5/c1-31(2)13-15-36-23-12-9-21-17-27(37-26(21)18-23)32(19-33)14-16-35-22-10-7-20(8-11-22)28(34)30-25-6-4-3-5-24(25)29/h3-12,17-19H,13-16,29H2,1-2H3,(H,30,34). The Hall–Kier alpha value is -4.50. The van der Waals surface area contributed by atoms with Gasteiger partial charge in [-0.05, 0) is 62.6 Å². The first-order chi connectivity index (χ1) is 17.9. The number of nitrogens with one attached hydrogen (secondary N) is 1. The maximum absolute atomic E-state index is 12.5. The van der Waals surface area contributed by atoms with Gasteiger partial charge >= 0.3 is 0 Å². The van der Waals surface area contributed by atoms with Crippen LogP contribution in [0.3, 0.4) is 0 Å². The Morgan fingerprint density at radius 1 is 0.946 bits per heavy atom. The molecule has 192 valence electrons. The Bertz CT molecular complexity index is 1350. The van der Waals surface area contributed by atoms with Gasteiger partial charge in [0, 0.05) is 29.6 Å². The van der Waals surface area contributed by atoms with Crippen molar-refractivity contribution < 1.29 is 23.5 Å². The predicted molar refractivity (Wildman–Crippen MR) is 144 cm³/mol. The molecule has 37 heavy (non-hydrogen) atoms. The second kappa shape index (κ2) is 12.0. The summed E-state index contributed by atoms with van der Waals surface area (Å²) in [4.78, 5) is 27.7. The summed E-state index contributed by atoms with van der Waals surface area (Å²) in [6.07, 6.45) is 0.707. The summed E-state index contributed by atoms with van der Waals surface area (Å²) >= 11 is 0. The Morgan fingerprint density at radius 2 is 1.65 bits per heavy atom. The van der Waals surface area contributed by atoms with Gasteiger partial charge < -0.3 is 29.8 Å². The number of para-hydroxylation sites is 2. The zero-order chi connectivity index (χ0) is 26.2. The fourth-order valence-electron chi connectivity index (χ4n) is 3.56. The van der Waals surface area contributed by atoms with Crippen LogP contribution in [0.1, 0.15) is 10.4 Å². The van der Waals surface area contributed by atoms with E-state index < -0.39 is 0 Å². The molecule has 0 spiro atoms. The van der Waals surface area contributed by atoms with E-state index in [-0.39, 0.29) is 19.1 Å². The van der Waals surface area contributed by atoms with Gasteiger partial charge in [-0.1, -0.05) is 12.1 Å². The molecule has 3 aromatic carbocycles. The van der Waals surface area contributed by atoms with Crippen molar-refractivity contribution in [1.82, 2.24) is 4.90 Å². The monoisotopic (exact) mass is 502 g/mol. The summed E-state index contributed by atoms with van der Waals surface area (Å²) < 4.78 is 17.4. The van der Waals surface area contributed by atoms with E-state index >= 15 is 0 Å². The van der Waals surface area contributed by atoms with Crippen LogP contribution in [0.25, 0.3) is 11.0 Å². The van der Waals surface area contributed by atoms with Gasteiger partial charge in [-0.25, -0.2) is 0 Å². The highest BCUT2D eigenvalue weighted by atomic mass is 16.5. The lowest BCUT2D eigenvalue weighted by molar-refractivity contribution is -0.107. The summed E-state index contributed by atoms with van der Waals surface area (Å²) in [6, 6.07) is 21.2. The normalized spacial score (nSPS) is 10.9. The first-order valence-electron chi connectivity index (χ1n) is 11.8. The van der Waals surface area contributed by atoms with E-state index in [1.807, 2.05) is 37.2 Å². The molecule has 0 bridgehead atoms. The number of ether oxygens (including phenoxy) is 2. The summed E-state index contributed by atoms with van der Waals surface area (Å²) in [5.41, 5.74) is 8.04. The van der Waals surface area contributed by atoms with Crippen molar-refractivity contribution >= 4 is 40.5 Å². The van der Waals surface area contributed by atoms with Gasteiger partial charge in [0.2, 0.25) is 12.3 Å². The van der Waals surface area contributed by atoms with E-state index in [9.17, 15) is 9.59 Å². The summed E-state index contributed by atoms with van der Waals surface area (Å²) in [5.74, 6) is 1.44. The molecule has 0 saturated carbocycles. The minimum absolute atomic E-state index is 0.237. The molecule has 1 aromatic heterocycles. The lowest BCUT2D eigenvalue weighted by atomic mass is 10.2. The number of carbonyl (C=O) groups is 2. The number of hydrogen-bond donors (Lipinski definition) is 2. The molecule has 9 heteroatoms. The summed E-state index contributed by atoms with van der Waals surface area (Å²) in [6.45, 7) is 1.89. The Morgan fingerprint density at radius 3 is 2.38 bits per heavy atom. The number of nitrogen functional groups attached to an aromatic ring is 1. The number of nitrogens with two attached hydrogens (primary N) is 1. The highest BCUT2D eigenvalue weighted by Crippen LogP contribution is 2.29. The van der Waals surface area contributed by atoms with Crippen LogP contribution in [-0.4, -0.2) is 57.6 Å². The number of benzene rings is 3. The maximum Gasteiger partial charge on any atom is 0.255 e. The van der Waals surface area contributed by atoms with Gasteiger partial charge in [-0.2, -0.15) is 0 Å². The molecule has 0 aliphatic rings. The molecule has 2 amide bonds. The summed E-state index contributed by atoms with van der Waals surface area (Å²) in [5, 5.41) is 3.66. The number of anilines is 3. The number of amides is 2. The SMILES string of the molecule is CN(C)CCOc1ccc2cc(N(C=O)CCOc3ccc(C(=O)Nc4ccccc4N)cc3)oc2c1. The second-order valence-electron chi connectivity index (χ2n) is 8.65. The van der Waals surface area contributed by atoms with E-state index in [0.717, 1.165) is 11.9 Å². The first kappa shape index (κ1) is 25.6. The van der Waals surface area contributed by atoms with Crippen molar-refractivity contribution in [3.05, 3.63) is 78.4 Å². The van der Waals surface area contributed by atoms with Crippen LogP contribution < -0.4 is 25.4 Å². The number of nitrogens with zero attached hydrogens (tertiary/aromatic N) is 2. The fraction of sp³-hybridized carbons (Fsp3) is 0.214. The predicted octanol–water partition coefficient (Wildman–Crippen LogP) is 4.25. The Balaban J connectivity index is 1.31. The molecular weight excluding hydrogens is 472 g/mol. The van der Waals surface area contributed by atoms with Gasteiger partial charge in [0.1, 0.15) is 30.3 Å². The third-order valence-corrected chi connectivity index (χ3v) is 5.62. The van der Waals surface area contributed by atoms with Gasteiger partial charge in [-0.15, -0.1) is 0 Å². The molecule has 0 saturated heterocycles. The lowest BCUT2D eigenvalue weighted by Gasteiger charge is -2.14. The topological polar surface area (TPSA) is 110 Å².